The van der Waals surface area contributed by atoms with E-state index in [1.807, 2.05) is 12.1 Å². The number of benzene rings is 1. The Morgan fingerprint density at radius 1 is 1.29 bits per heavy atom. The number of ether oxygens (including phenoxy) is 1. The van der Waals surface area contributed by atoms with Gasteiger partial charge in [0, 0.05) is 23.5 Å². The number of hydrogen-bond acceptors (Lipinski definition) is 2. The van der Waals surface area contributed by atoms with Crippen molar-refractivity contribution in [2.75, 3.05) is 0 Å². The van der Waals surface area contributed by atoms with Gasteiger partial charge in [-0.2, -0.15) is 0 Å². The molecule has 1 fully saturated rings. The third kappa shape index (κ3) is 5.33. The second kappa shape index (κ2) is 7.68. The smallest absolute Gasteiger partial charge is 0.410 e. The van der Waals surface area contributed by atoms with E-state index < -0.39 is 24.0 Å². The first-order valence-electron chi connectivity index (χ1n) is 8.18. The van der Waals surface area contributed by atoms with Crippen LogP contribution in [0.25, 0.3) is 0 Å². The van der Waals surface area contributed by atoms with Crippen LogP contribution in [0.4, 0.5) is 13.6 Å². The van der Waals surface area contributed by atoms with E-state index in [9.17, 15) is 13.6 Å². The van der Waals surface area contributed by atoms with Crippen molar-refractivity contribution in [3.8, 4) is 0 Å². The number of hydrogen-bond donors (Lipinski definition) is 0. The van der Waals surface area contributed by atoms with Crippen LogP contribution in [0.2, 0.25) is 5.02 Å². The summed E-state index contributed by atoms with van der Waals surface area (Å²) in [6.07, 6.45) is -1.49. The molecule has 1 aromatic rings. The van der Waals surface area contributed by atoms with Crippen LogP contribution in [0.1, 0.15) is 45.6 Å². The fourth-order valence-electron chi connectivity index (χ4n) is 2.95. The minimum Gasteiger partial charge on any atom is -0.444 e. The van der Waals surface area contributed by atoms with E-state index >= 15 is 0 Å². The maximum absolute atomic E-state index is 13.0. The lowest BCUT2D eigenvalue weighted by Gasteiger charge is -2.32. The molecule has 0 radical (unpaired) electrons. The molecule has 2 atom stereocenters. The van der Waals surface area contributed by atoms with E-state index in [2.05, 4.69) is 0 Å². The van der Waals surface area contributed by atoms with E-state index in [1.54, 1.807) is 37.8 Å². The number of halogens is 3. The summed E-state index contributed by atoms with van der Waals surface area (Å²) >= 11 is 5.89. The summed E-state index contributed by atoms with van der Waals surface area (Å²) < 4.78 is 31.4. The van der Waals surface area contributed by atoms with E-state index in [-0.39, 0.29) is 6.04 Å². The fourth-order valence-corrected chi connectivity index (χ4v) is 3.08. The molecular weight excluding hydrogens is 336 g/mol. The molecule has 0 bridgehead atoms. The van der Waals surface area contributed by atoms with Crippen LogP contribution in [0.5, 0.6) is 0 Å². The van der Waals surface area contributed by atoms with Gasteiger partial charge in [-0.1, -0.05) is 23.7 Å². The fraction of sp³-hybridized carbons (Fsp3) is 0.611. The molecular formula is C18H24ClF2NO2. The van der Waals surface area contributed by atoms with Gasteiger partial charge < -0.3 is 9.64 Å². The Bertz CT molecular complexity index is 557. The monoisotopic (exact) mass is 359 g/mol. The molecule has 0 N–H and O–H groups in total. The zero-order chi connectivity index (χ0) is 17.9. The Hall–Kier alpha value is -1.36. The van der Waals surface area contributed by atoms with E-state index in [4.69, 9.17) is 16.3 Å². The van der Waals surface area contributed by atoms with Gasteiger partial charge in [0.25, 0.3) is 0 Å². The molecule has 2 rings (SSSR count). The van der Waals surface area contributed by atoms with Gasteiger partial charge in [0.2, 0.25) is 6.43 Å². The average molecular weight is 360 g/mol. The van der Waals surface area contributed by atoms with Gasteiger partial charge in [-0.3, -0.25) is 0 Å². The van der Waals surface area contributed by atoms with Gasteiger partial charge in [0.15, 0.2) is 0 Å². The SMILES string of the molecule is CC(C)(C)OC(=O)N(Cc1ccc(Cl)cc1)[C@@H]1CC[C@H](C(F)F)C1. The molecule has 1 aromatic carbocycles. The molecule has 0 spiro atoms. The summed E-state index contributed by atoms with van der Waals surface area (Å²) in [5.74, 6) is -0.648. The van der Waals surface area contributed by atoms with Crippen molar-refractivity contribution in [1.29, 1.82) is 0 Å². The van der Waals surface area contributed by atoms with E-state index in [0.29, 0.717) is 30.8 Å². The molecule has 0 aromatic heterocycles. The van der Waals surface area contributed by atoms with Crippen molar-refractivity contribution in [3.05, 3.63) is 34.9 Å². The Balaban J connectivity index is 2.15. The van der Waals surface area contributed by atoms with Gasteiger partial charge in [-0.05, 0) is 57.7 Å². The van der Waals surface area contributed by atoms with E-state index in [1.165, 1.54) is 0 Å². The lowest BCUT2D eigenvalue weighted by atomic mass is 10.1. The van der Waals surface area contributed by atoms with Crippen LogP contribution < -0.4 is 0 Å². The molecule has 0 saturated heterocycles. The predicted molar refractivity (Wildman–Crippen MR) is 90.4 cm³/mol. The first kappa shape index (κ1) is 19.0. The molecule has 0 aliphatic heterocycles. The molecule has 1 saturated carbocycles. The second-order valence-electron chi connectivity index (χ2n) is 7.30. The Labute approximate surface area is 146 Å². The molecule has 1 aliphatic rings. The summed E-state index contributed by atoms with van der Waals surface area (Å²) in [6, 6.07) is 6.94. The molecule has 134 valence electrons. The van der Waals surface area contributed by atoms with Gasteiger partial charge in [-0.25, -0.2) is 13.6 Å². The Morgan fingerprint density at radius 2 is 1.92 bits per heavy atom. The molecule has 6 heteroatoms. The minimum atomic E-state index is -2.34. The maximum atomic E-state index is 13.0. The van der Waals surface area contributed by atoms with Crippen molar-refractivity contribution < 1.29 is 18.3 Å². The van der Waals surface area contributed by atoms with Crippen molar-refractivity contribution in [2.45, 2.75) is 64.6 Å². The number of alkyl halides is 2. The van der Waals surface area contributed by atoms with Gasteiger partial charge in [0.1, 0.15) is 5.60 Å². The lowest BCUT2D eigenvalue weighted by Crippen LogP contribution is -2.42. The first-order valence-corrected chi connectivity index (χ1v) is 8.56. The highest BCUT2D eigenvalue weighted by atomic mass is 35.5. The van der Waals surface area contributed by atoms with Crippen molar-refractivity contribution in [2.24, 2.45) is 5.92 Å². The number of amides is 1. The zero-order valence-electron chi connectivity index (χ0n) is 14.3. The third-order valence-electron chi connectivity index (χ3n) is 4.14. The summed E-state index contributed by atoms with van der Waals surface area (Å²) in [6.45, 7) is 5.71. The normalized spacial score (nSPS) is 21.1. The molecule has 1 amide bonds. The first-order chi connectivity index (χ1) is 11.2. The summed E-state index contributed by atoms with van der Waals surface area (Å²) in [7, 11) is 0. The van der Waals surface area contributed by atoms with Crippen molar-refractivity contribution >= 4 is 17.7 Å². The van der Waals surface area contributed by atoms with Crippen LogP contribution in [0.3, 0.4) is 0 Å². The van der Waals surface area contributed by atoms with Gasteiger partial charge in [-0.15, -0.1) is 0 Å². The van der Waals surface area contributed by atoms with Crippen molar-refractivity contribution in [3.63, 3.8) is 0 Å². The molecule has 3 nitrogen and oxygen atoms in total. The third-order valence-corrected chi connectivity index (χ3v) is 4.39. The largest absolute Gasteiger partial charge is 0.444 e. The maximum Gasteiger partial charge on any atom is 0.410 e. The average Bonchev–Trinajstić information content (AvgIpc) is 2.94. The number of carbonyl (C=O) groups is 1. The topological polar surface area (TPSA) is 29.5 Å². The highest BCUT2D eigenvalue weighted by Gasteiger charge is 2.37. The number of nitrogens with zero attached hydrogens (tertiary/aromatic N) is 1. The quantitative estimate of drug-likeness (QED) is 0.709. The lowest BCUT2D eigenvalue weighted by molar-refractivity contribution is 0.0120. The number of carbonyl (C=O) groups excluding carboxylic acids is 1. The Kier molecular flexibility index (Phi) is 6.07. The molecule has 0 unspecified atom stereocenters. The predicted octanol–water partition coefficient (Wildman–Crippen LogP) is 5.51. The van der Waals surface area contributed by atoms with Gasteiger partial charge >= 0.3 is 6.09 Å². The number of rotatable bonds is 4. The highest BCUT2D eigenvalue weighted by Crippen LogP contribution is 2.35. The minimum absolute atomic E-state index is 0.227. The second-order valence-corrected chi connectivity index (χ2v) is 7.73. The summed E-state index contributed by atoms with van der Waals surface area (Å²) in [4.78, 5) is 14.2. The van der Waals surface area contributed by atoms with Crippen LogP contribution >= 0.6 is 11.6 Å². The zero-order valence-corrected chi connectivity index (χ0v) is 15.0. The molecule has 24 heavy (non-hydrogen) atoms. The van der Waals surface area contributed by atoms with Crippen LogP contribution in [0.15, 0.2) is 24.3 Å². The van der Waals surface area contributed by atoms with Crippen LogP contribution in [0, 0.1) is 5.92 Å². The Morgan fingerprint density at radius 3 is 2.42 bits per heavy atom. The highest BCUT2D eigenvalue weighted by molar-refractivity contribution is 6.30. The molecule has 1 aliphatic carbocycles. The molecule has 0 heterocycles. The van der Waals surface area contributed by atoms with Crippen LogP contribution in [-0.4, -0.2) is 29.1 Å². The van der Waals surface area contributed by atoms with Crippen LogP contribution in [-0.2, 0) is 11.3 Å². The van der Waals surface area contributed by atoms with Crippen molar-refractivity contribution in [1.82, 2.24) is 4.90 Å². The summed E-state index contributed by atoms with van der Waals surface area (Å²) in [5, 5.41) is 0.612. The van der Waals surface area contributed by atoms with Gasteiger partial charge in [0.05, 0.1) is 0 Å². The van der Waals surface area contributed by atoms with E-state index in [0.717, 1.165) is 5.56 Å². The summed E-state index contributed by atoms with van der Waals surface area (Å²) in [5.41, 5.74) is 0.265. The standard InChI is InChI=1S/C18H24ClF2NO2/c1-18(2,3)24-17(23)22(11-12-4-7-14(19)8-5-12)15-9-6-13(10-15)16(20)21/h4-5,7-8,13,15-16H,6,9-11H2,1-3H3/t13-,15+/m0/s1.